The molecule has 2 saturated heterocycles. The van der Waals surface area contributed by atoms with Crippen molar-refractivity contribution >= 4 is 17.7 Å². The number of carbonyl (C=O) groups excluding carboxylic acids is 1. The van der Waals surface area contributed by atoms with E-state index < -0.39 is 24.2 Å². The maximum Gasteiger partial charge on any atom is 0.319 e. The molecule has 9 heteroatoms. The van der Waals surface area contributed by atoms with Crippen LogP contribution in [0.25, 0.3) is 0 Å². The van der Waals surface area contributed by atoms with Crippen LogP contribution in [0.5, 0.6) is 0 Å². The van der Waals surface area contributed by atoms with Gasteiger partial charge in [0.05, 0.1) is 6.42 Å². The highest BCUT2D eigenvalue weighted by molar-refractivity contribution is 5.89. The summed E-state index contributed by atoms with van der Waals surface area (Å²) in [5, 5.41) is 14.5. The molecule has 3 N–H and O–H groups in total. The van der Waals surface area contributed by atoms with Crippen LogP contribution < -0.4 is 10.6 Å². The Kier molecular flexibility index (Phi) is 12.3. The summed E-state index contributed by atoms with van der Waals surface area (Å²) < 4.78 is 24.3. The fourth-order valence-corrected chi connectivity index (χ4v) is 4.97. The van der Waals surface area contributed by atoms with Crippen molar-refractivity contribution in [1.82, 2.24) is 5.32 Å². The van der Waals surface area contributed by atoms with Gasteiger partial charge >= 0.3 is 12.0 Å². The molecule has 1 aromatic carbocycles. The van der Waals surface area contributed by atoms with Crippen LogP contribution in [0.15, 0.2) is 24.3 Å². The summed E-state index contributed by atoms with van der Waals surface area (Å²) in [6.07, 6.45) is 10.9. The lowest BCUT2D eigenvalue weighted by Crippen LogP contribution is -2.44. The third kappa shape index (κ3) is 10.2. The summed E-state index contributed by atoms with van der Waals surface area (Å²) in [6.45, 7) is 6.82. The number of benzene rings is 1. The molecule has 3 rings (SSSR count). The van der Waals surface area contributed by atoms with Gasteiger partial charge in [0.1, 0.15) is 18.3 Å². The minimum atomic E-state index is -0.897. The molecule has 1 aromatic rings. The fraction of sp³-hybridized carbons (Fsp3) is 0.724. The van der Waals surface area contributed by atoms with E-state index in [0.29, 0.717) is 17.9 Å². The predicted octanol–water partition coefficient (Wildman–Crippen LogP) is 5.62. The van der Waals surface area contributed by atoms with E-state index in [1.165, 1.54) is 51.4 Å². The molecule has 2 amide bonds. The van der Waals surface area contributed by atoms with Gasteiger partial charge in [0, 0.05) is 18.8 Å². The van der Waals surface area contributed by atoms with Crippen LogP contribution in [-0.4, -0.2) is 60.6 Å². The van der Waals surface area contributed by atoms with Crippen molar-refractivity contribution in [3.63, 3.8) is 0 Å². The zero-order chi connectivity index (χ0) is 27.4. The molecule has 2 aliphatic heterocycles. The van der Waals surface area contributed by atoms with Crippen molar-refractivity contribution in [3.05, 3.63) is 29.8 Å². The van der Waals surface area contributed by atoms with Crippen molar-refractivity contribution in [2.45, 2.75) is 122 Å². The first-order valence-electron chi connectivity index (χ1n) is 14.3. The number of unbranched alkanes of at least 4 members (excludes halogenated alkanes) is 9. The second-order valence-electron chi connectivity index (χ2n) is 10.8. The lowest BCUT2D eigenvalue weighted by atomic mass is 10.1. The van der Waals surface area contributed by atoms with E-state index >= 15 is 0 Å². The Labute approximate surface area is 226 Å². The van der Waals surface area contributed by atoms with E-state index in [1.54, 1.807) is 24.3 Å². The number of anilines is 1. The number of carboxylic acid groups (broad SMARTS) is 1. The summed E-state index contributed by atoms with van der Waals surface area (Å²) in [5.41, 5.74) is 1.24. The van der Waals surface area contributed by atoms with Gasteiger partial charge in [-0.15, -0.1) is 0 Å². The van der Waals surface area contributed by atoms with Crippen molar-refractivity contribution in [2.75, 3.05) is 18.5 Å². The first-order valence-corrected chi connectivity index (χ1v) is 14.3. The molecule has 2 heterocycles. The van der Waals surface area contributed by atoms with E-state index in [-0.39, 0.29) is 31.2 Å². The number of nitrogens with one attached hydrogen (secondary N) is 2. The van der Waals surface area contributed by atoms with Crippen molar-refractivity contribution in [2.24, 2.45) is 0 Å². The number of fused-ring (bicyclic) bond motifs is 1. The Balaban J connectivity index is 1.39. The minimum Gasteiger partial charge on any atom is -0.481 e. The van der Waals surface area contributed by atoms with Crippen LogP contribution in [0.2, 0.25) is 0 Å². The molecule has 0 unspecified atom stereocenters. The fourth-order valence-electron chi connectivity index (χ4n) is 4.97. The summed E-state index contributed by atoms with van der Waals surface area (Å²) >= 11 is 0. The highest BCUT2D eigenvalue weighted by Gasteiger charge is 2.55. The maximum atomic E-state index is 12.5. The van der Waals surface area contributed by atoms with Gasteiger partial charge in [-0.2, -0.15) is 0 Å². The first-order chi connectivity index (χ1) is 18.3. The monoisotopic (exact) mass is 534 g/mol. The van der Waals surface area contributed by atoms with Gasteiger partial charge in [-0.1, -0.05) is 76.8 Å². The molecule has 0 radical (unpaired) electrons. The molecule has 9 nitrogen and oxygen atoms in total. The second-order valence-corrected chi connectivity index (χ2v) is 10.8. The smallest absolute Gasteiger partial charge is 0.319 e. The van der Waals surface area contributed by atoms with E-state index in [9.17, 15) is 9.59 Å². The van der Waals surface area contributed by atoms with E-state index in [2.05, 4.69) is 17.6 Å². The van der Waals surface area contributed by atoms with Gasteiger partial charge in [-0.05, 0) is 38.0 Å². The molecule has 0 aromatic heterocycles. The topological polar surface area (TPSA) is 115 Å². The quantitative estimate of drug-likeness (QED) is 0.222. The molecule has 0 saturated carbocycles. The molecule has 0 aliphatic carbocycles. The number of hydrogen-bond acceptors (Lipinski definition) is 6. The molecular formula is C29H46N2O7. The number of carboxylic acids is 1. The average molecular weight is 535 g/mol. The van der Waals surface area contributed by atoms with Gasteiger partial charge < -0.3 is 34.7 Å². The number of rotatable bonds is 17. The Morgan fingerprint density at radius 3 is 2.21 bits per heavy atom. The molecule has 2 aliphatic rings. The van der Waals surface area contributed by atoms with Crippen LogP contribution in [0.3, 0.4) is 0 Å². The molecule has 214 valence electrons. The minimum absolute atomic E-state index is 0.0602. The molecule has 4 atom stereocenters. The van der Waals surface area contributed by atoms with E-state index in [4.69, 9.17) is 24.1 Å². The highest BCUT2D eigenvalue weighted by Crippen LogP contribution is 2.38. The van der Waals surface area contributed by atoms with E-state index in [0.717, 1.165) is 12.8 Å². The third-order valence-corrected chi connectivity index (χ3v) is 6.93. The lowest BCUT2D eigenvalue weighted by Gasteiger charge is -2.26. The Hall–Kier alpha value is -2.20. The van der Waals surface area contributed by atoms with Crippen LogP contribution in [-0.2, 0) is 30.2 Å². The lowest BCUT2D eigenvalue weighted by molar-refractivity contribution is -0.217. The van der Waals surface area contributed by atoms with Crippen molar-refractivity contribution in [1.29, 1.82) is 0 Å². The normalized spacial score (nSPS) is 23.8. The van der Waals surface area contributed by atoms with Crippen molar-refractivity contribution in [3.8, 4) is 0 Å². The number of ether oxygens (including phenoxy) is 4. The van der Waals surface area contributed by atoms with Gasteiger partial charge in [0.25, 0.3) is 0 Å². The molecule has 2 fully saturated rings. The number of carbonyl (C=O) groups is 2. The van der Waals surface area contributed by atoms with Crippen LogP contribution in [0.4, 0.5) is 10.5 Å². The largest absolute Gasteiger partial charge is 0.481 e. The third-order valence-electron chi connectivity index (χ3n) is 6.93. The van der Waals surface area contributed by atoms with Crippen LogP contribution in [0.1, 0.15) is 90.5 Å². The van der Waals surface area contributed by atoms with E-state index in [1.807, 2.05) is 13.8 Å². The number of urea groups is 1. The summed E-state index contributed by atoms with van der Waals surface area (Å²) in [4.78, 5) is 23.3. The standard InChI is InChI=1S/C29H46N2O7/c1-4-5-6-7-8-9-10-11-12-13-18-35-25-23(36-27-26(25)37-29(2,3)38-27)20-30-28(34)31-22-16-14-21(15-17-22)19-24(32)33/h14-17,23,25-27H,4-13,18-20H2,1-3H3,(H,32,33)(H2,30,31,34)/t23-,25-,26-,27-/m1/s1. The SMILES string of the molecule is CCCCCCCCCCCCO[C@H]1[C@H]2OC(C)(C)O[C@H]2O[C@@H]1CNC(=O)Nc1ccc(CC(=O)O)cc1. The Morgan fingerprint density at radius 1 is 0.947 bits per heavy atom. The van der Waals surface area contributed by atoms with Gasteiger partial charge in [0.2, 0.25) is 0 Å². The van der Waals surface area contributed by atoms with Crippen molar-refractivity contribution < 1.29 is 33.6 Å². The Bertz CT molecular complexity index is 861. The molecule has 38 heavy (non-hydrogen) atoms. The van der Waals surface area contributed by atoms with Gasteiger partial charge in [-0.3, -0.25) is 4.79 Å². The highest BCUT2D eigenvalue weighted by atomic mass is 16.8. The maximum absolute atomic E-state index is 12.5. The average Bonchev–Trinajstić information content (AvgIpc) is 3.33. The second kappa shape index (κ2) is 15.4. The predicted molar refractivity (Wildman–Crippen MR) is 145 cm³/mol. The summed E-state index contributed by atoms with van der Waals surface area (Å²) in [6, 6.07) is 6.33. The number of aliphatic carboxylic acids is 1. The van der Waals surface area contributed by atoms with Gasteiger partial charge in [-0.25, -0.2) is 4.79 Å². The zero-order valence-corrected chi connectivity index (χ0v) is 23.2. The number of hydrogen-bond donors (Lipinski definition) is 3. The summed E-state index contributed by atoms with van der Waals surface area (Å²) in [5.74, 6) is -1.64. The molecular weight excluding hydrogens is 488 g/mol. The van der Waals surface area contributed by atoms with Gasteiger partial charge in [0.15, 0.2) is 12.1 Å². The van der Waals surface area contributed by atoms with Crippen LogP contribution in [0, 0.1) is 0 Å². The summed E-state index contributed by atoms with van der Waals surface area (Å²) in [7, 11) is 0. The molecule has 0 bridgehead atoms. The molecule has 0 spiro atoms. The Morgan fingerprint density at radius 2 is 1.58 bits per heavy atom. The zero-order valence-electron chi connectivity index (χ0n) is 23.2. The van der Waals surface area contributed by atoms with Crippen LogP contribution >= 0.6 is 0 Å². The number of amides is 2. The first kappa shape index (κ1) is 30.3.